The molecule has 0 heterocycles. The van der Waals surface area contributed by atoms with Gasteiger partial charge in [-0.15, -0.1) is 29.1 Å². The Morgan fingerprint density at radius 2 is 2.00 bits per heavy atom. The van der Waals surface area contributed by atoms with E-state index in [9.17, 15) is 4.79 Å². The molecule has 0 unspecified atom stereocenters. The molecule has 0 bridgehead atoms. The lowest BCUT2D eigenvalue weighted by atomic mass is 11.4. The molecule has 0 radical (unpaired) electrons. The summed E-state index contributed by atoms with van der Waals surface area (Å²) >= 11 is 3.10. The average Bonchev–Trinajstić information content (AvgIpc) is 1.38. The number of hydrogen-bond acceptors (Lipinski definition) is 2. The van der Waals surface area contributed by atoms with E-state index in [1.165, 1.54) is 0 Å². The number of rotatable bonds is 0. The molecule has 0 atom stereocenters. The molecule has 1 N–H and O–H groups in total. The second kappa shape index (κ2) is 5.35. The van der Waals surface area contributed by atoms with Gasteiger partial charge in [-0.25, -0.2) is 5.53 Å². The first-order valence-corrected chi connectivity index (χ1v) is 1.32. The highest BCUT2D eigenvalue weighted by atomic mass is 127. The summed E-state index contributed by atoms with van der Waals surface area (Å²) in [5, 5.41) is 1.60. The third kappa shape index (κ3) is 8.84. The van der Waals surface area contributed by atoms with Crippen molar-refractivity contribution in [3.63, 3.8) is 0 Å². The van der Waals surface area contributed by atoms with E-state index < -0.39 is 5.24 Å². The molecule has 0 aromatic carbocycles. The molecule has 0 spiro atoms. The molecule has 1 amide bonds. The third-order valence-electron chi connectivity index (χ3n) is 0.0956. The second-order valence-electron chi connectivity index (χ2n) is 0.394. The summed E-state index contributed by atoms with van der Waals surface area (Å²) in [5.41, 5.74) is 5.86. The van der Waals surface area contributed by atoms with E-state index in [0.717, 1.165) is 0 Å². The van der Waals surface area contributed by atoms with Crippen LogP contribution < -0.4 is 0 Å². The van der Waals surface area contributed by atoms with Crippen molar-refractivity contribution in [1.29, 1.82) is 5.53 Å². The zero-order valence-electron chi connectivity index (χ0n) is 2.71. The van der Waals surface area contributed by atoms with Crippen molar-refractivity contribution in [2.24, 2.45) is 5.11 Å². The summed E-state index contributed by atoms with van der Waals surface area (Å²) in [6, 6.07) is 0. The molecule has 0 aliphatic carbocycles. The number of nitrogens with zero attached hydrogens (tertiary/aromatic N) is 1. The molecule has 0 aliphatic rings. The van der Waals surface area contributed by atoms with E-state index in [4.69, 9.17) is 5.53 Å². The molecule has 0 aromatic rings. The lowest BCUT2D eigenvalue weighted by Gasteiger charge is -1.60. The van der Waals surface area contributed by atoms with E-state index in [1.54, 1.807) is 0 Å². The molecule has 36 valence electrons. The normalized spacial score (nSPS) is 5.50. The SMILES string of the molecule is I.N=NC(=O)S. The fourth-order valence-electron chi connectivity index (χ4n) is 0. The highest BCUT2D eigenvalue weighted by molar-refractivity contribution is 14.0. The maximum Gasteiger partial charge on any atom is 0.319 e. The number of hydrogen-bond donors (Lipinski definition) is 2. The Kier molecular flexibility index (Phi) is 8.56. The van der Waals surface area contributed by atoms with Gasteiger partial charge in [0.1, 0.15) is 0 Å². The van der Waals surface area contributed by atoms with Crippen LogP contribution >= 0.6 is 36.6 Å². The van der Waals surface area contributed by atoms with Crippen LogP contribution in [0.3, 0.4) is 0 Å². The maximum absolute atomic E-state index is 9.32. The van der Waals surface area contributed by atoms with Crippen molar-refractivity contribution in [2.45, 2.75) is 0 Å². The van der Waals surface area contributed by atoms with Gasteiger partial charge in [0.2, 0.25) is 0 Å². The van der Waals surface area contributed by atoms with Crippen LogP contribution in [0.25, 0.3) is 0 Å². The summed E-state index contributed by atoms with van der Waals surface area (Å²) in [5.74, 6) is 0. The van der Waals surface area contributed by atoms with Gasteiger partial charge in [-0.05, 0) is 0 Å². The van der Waals surface area contributed by atoms with E-state index in [0.29, 0.717) is 0 Å². The highest BCUT2D eigenvalue weighted by Gasteiger charge is 1.75. The van der Waals surface area contributed by atoms with Gasteiger partial charge >= 0.3 is 5.24 Å². The first-order chi connectivity index (χ1) is 2.27. The zero-order valence-corrected chi connectivity index (χ0v) is 5.94. The predicted molar refractivity (Wildman–Crippen MR) is 34.9 cm³/mol. The molecule has 5 heteroatoms. The van der Waals surface area contributed by atoms with Crippen LogP contribution in [0.2, 0.25) is 0 Å². The molecular weight excluding hydrogens is 215 g/mol. The molecule has 6 heavy (non-hydrogen) atoms. The Labute approximate surface area is 57.4 Å². The minimum absolute atomic E-state index is 0. The highest BCUT2D eigenvalue weighted by Crippen LogP contribution is 1.77. The molecule has 0 saturated carbocycles. The number of halogens is 1. The number of nitrogens with one attached hydrogen (secondary N) is 1. The van der Waals surface area contributed by atoms with Crippen LogP contribution in [0.15, 0.2) is 5.11 Å². The van der Waals surface area contributed by atoms with Crippen LogP contribution in [0.5, 0.6) is 0 Å². The number of amides is 1. The predicted octanol–water partition coefficient (Wildman–Crippen LogP) is 1.69. The van der Waals surface area contributed by atoms with Crippen LogP contribution in [0.1, 0.15) is 0 Å². The lowest BCUT2D eigenvalue weighted by Crippen LogP contribution is -1.62. The number of carbonyl (C=O) groups is 1. The Bertz CT molecular complexity index is 64.6. The quantitative estimate of drug-likeness (QED) is 0.362. The molecular formula is CH3IN2OS. The second-order valence-corrected chi connectivity index (χ2v) is 0.777. The van der Waals surface area contributed by atoms with Crippen LogP contribution in [-0.4, -0.2) is 5.24 Å². The molecule has 0 aliphatic heterocycles. The van der Waals surface area contributed by atoms with E-state index in [1.807, 2.05) is 0 Å². The number of carbonyl (C=O) groups excluding carboxylic acids is 1. The van der Waals surface area contributed by atoms with Gasteiger partial charge in [-0.1, -0.05) is 12.6 Å². The largest absolute Gasteiger partial charge is 0.319 e. The summed E-state index contributed by atoms with van der Waals surface area (Å²) in [6.45, 7) is 0. The van der Waals surface area contributed by atoms with Crippen molar-refractivity contribution in [3.8, 4) is 0 Å². The van der Waals surface area contributed by atoms with Gasteiger partial charge in [-0.3, -0.25) is 4.79 Å². The lowest BCUT2D eigenvalue weighted by molar-refractivity contribution is 0.266. The van der Waals surface area contributed by atoms with Gasteiger partial charge in [0.15, 0.2) is 0 Å². The minimum Gasteiger partial charge on any atom is -0.258 e. The van der Waals surface area contributed by atoms with Crippen molar-refractivity contribution in [1.82, 2.24) is 0 Å². The van der Waals surface area contributed by atoms with Crippen LogP contribution in [-0.2, 0) is 0 Å². The van der Waals surface area contributed by atoms with E-state index >= 15 is 0 Å². The fourth-order valence-corrected chi connectivity index (χ4v) is 0. The van der Waals surface area contributed by atoms with Crippen molar-refractivity contribution >= 4 is 41.8 Å². The summed E-state index contributed by atoms with van der Waals surface area (Å²) in [4.78, 5) is 9.32. The molecule has 0 aromatic heterocycles. The Morgan fingerprint density at radius 1 is 1.83 bits per heavy atom. The first kappa shape index (κ1) is 9.61. The Hall–Kier alpha value is 0.350. The maximum atomic E-state index is 9.32. The minimum atomic E-state index is -0.759. The molecule has 0 fully saturated rings. The van der Waals surface area contributed by atoms with Crippen molar-refractivity contribution in [3.05, 3.63) is 0 Å². The zero-order chi connectivity index (χ0) is 4.28. The smallest absolute Gasteiger partial charge is 0.258 e. The monoisotopic (exact) mass is 218 g/mol. The Morgan fingerprint density at radius 3 is 2.00 bits per heavy atom. The summed E-state index contributed by atoms with van der Waals surface area (Å²) < 4.78 is 0. The van der Waals surface area contributed by atoms with Gasteiger partial charge in [0, 0.05) is 0 Å². The first-order valence-electron chi connectivity index (χ1n) is 0.875. The summed E-state index contributed by atoms with van der Waals surface area (Å²) in [6.07, 6.45) is 0. The molecule has 3 nitrogen and oxygen atoms in total. The average molecular weight is 218 g/mol. The third-order valence-corrected chi connectivity index (χ3v) is 0.196. The van der Waals surface area contributed by atoms with E-state index in [-0.39, 0.29) is 24.0 Å². The van der Waals surface area contributed by atoms with Gasteiger partial charge in [0.25, 0.3) is 0 Å². The van der Waals surface area contributed by atoms with Gasteiger partial charge in [0.05, 0.1) is 0 Å². The van der Waals surface area contributed by atoms with E-state index in [2.05, 4.69) is 17.7 Å². The standard InChI is InChI=1S/CH2N2OS.HI/c2-3-1(4)5;/h2H,(H,4,5);1H. The van der Waals surface area contributed by atoms with Crippen molar-refractivity contribution < 1.29 is 4.79 Å². The van der Waals surface area contributed by atoms with Gasteiger partial charge in [-0.2, -0.15) is 0 Å². The topological polar surface area (TPSA) is 53.3 Å². The number of thiol groups is 1. The Balaban J connectivity index is 0. The molecule has 0 saturated heterocycles. The fraction of sp³-hybridized carbons (Fsp3) is 0. The van der Waals surface area contributed by atoms with Crippen LogP contribution in [0.4, 0.5) is 4.79 Å². The van der Waals surface area contributed by atoms with Gasteiger partial charge < -0.3 is 0 Å². The molecule has 0 rings (SSSR count). The van der Waals surface area contributed by atoms with Crippen molar-refractivity contribution in [2.75, 3.05) is 0 Å². The summed E-state index contributed by atoms with van der Waals surface area (Å²) in [7, 11) is 0. The van der Waals surface area contributed by atoms with Crippen LogP contribution in [0, 0.1) is 5.53 Å².